The Labute approximate surface area is 198 Å². The van der Waals surface area contributed by atoms with Gasteiger partial charge < -0.3 is 5.32 Å². The quantitative estimate of drug-likeness (QED) is 0.460. The van der Waals surface area contributed by atoms with E-state index in [1.54, 1.807) is 16.7 Å². The monoisotopic (exact) mass is 491 g/mol. The summed E-state index contributed by atoms with van der Waals surface area (Å²) in [6, 6.07) is 7.75. The molecular formula is C21H23ClFN7O2S. The van der Waals surface area contributed by atoms with Crippen LogP contribution in [0.2, 0.25) is 0 Å². The second kappa shape index (κ2) is 9.54. The van der Waals surface area contributed by atoms with Crippen LogP contribution in [0, 0.1) is 5.82 Å². The van der Waals surface area contributed by atoms with Gasteiger partial charge in [0.25, 0.3) is 5.56 Å². The van der Waals surface area contributed by atoms with Crippen LogP contribution in [0.4, 0.5) is 4.39 Å². The second-order valence-electron chi connectivity index (χ2n) is 7.75. The molecule has 4 aromatic rings. The number of aromatic nitrogens is 6. The van der Waals surface area contributed by atoms with E-state index in [1.165, 1.54) is 32.8 Å². The highest BCUT2D eigenvalue weighted by Gasteiger charge is 2.24. The van der Waals surface area contributed by atoms with Gasteiger partial charge in [0, 0.05) is 10.9 Å². The van der Waals surface area contributed by atoms with Crippen molar-refractivity contribution in [3.8, 4) is 10.4 Å². The lowest BCUT2D eigenvalue weighted by Crippen LogP contribution is -2.45. The highest BCUT2D eigenvalue weighted by atomic mass is 35.5. The van der Waals surface area contributed by atoms with Crippen LogP contribution in [0.25, 0.3) is 20.7 Å². The molecule has 12 heteroatoms. The van der Waals surface area contributed by atoms with Crippen molar-refractivity contribution in [3.05, 3.63) is 62.8 Å². The predicted octanol–water partition coefficient (Wildman–Crippen LogP) is 2.43. The largest absolute Gasteiger partial charge is 0.332 e. The minimum Gasteiger partial charge on any atom is -0.317 e. The Kier molecular flexibility index (Phi) is 6.73. The van der Waals surface area contributed by atoms with Gasteiger partial charge in [0.05, 0.1) is 18.6 Å². The van der Waals surface area contributed by atoms with Crippen LogP contribution in [0.3, 0.4) is 0 Å². The first-order valence-electron chi connectivity index (χ1n) is 10.6. The molecule has 1 aromatic carbocycles. The number of fused-ring (bicyclic) bond motifs is 1. The molecule has 0 aliphatic carbocycles. The topological polar surface area (TPSA) is 99.6 Å². The third-order valence-corrected chi connectivity index (χ3v) is 6.89. The van der Waals surface area contributed by atoms with Crippen LogP contribution in [0.5, 0.6) is 0 Å². The molecular weight excluding hydrogens is 469 g/mol. The minimum absolute atomic E-state index is 0. The van der Waals surface area contributed by atoms with Crippen molar-refractivity contribution in [3.63, 3.8) is 0 Å². The molecule has 3 aromatic heterocycles. The van der Waals surface area contributed by atoms with Crippen molar-refractivity contribution in [1.82, 2.24) is 34.7 Å². The van der Waals surface area contributed by atoms with Crippen molar-refractivity contribution in [1.29, 1.82) is 0 Å². The standard InChI is InChI=1S/C21H22FN7O2S.ClH/c1-2-28-25-18(24-26-28)12-27-16-11-17(13-3-5-14(22)6-4-13)32-19(16)20(30)29(21(27)31)15-7-9-23-10-8-15;/h3-6,11,15,23H,2,7-10,12H2,1H3;1H. The van der Waals surface area contributed by atoms with Gasteiger partial charge in [-0.3, -0.25) is 13.9 Å². The highest BCUT2D eigenvalue weighted by molar-refractivity contribution is 7.22. The Morgan fingerprint density at radius 2 is 1.91 bits per heavy atom. The molecule has 33 heavy (non-hydrogen) atoms. The Balaban J connectivity index is 0.00000259. The number of piperidine rings is 1. The molecule has 0 saturated carbocycles. The molecule has 9 nitrogen and oxygen atoms in total. The summed E-state index contributed by atoms with van der Waals surface area (Å²) in [5.74, 6) is 0.0745. The lowest BCUT2D eigenvalue weighted by Gasteiger charge is -2.24. The average Bonchev–Trinajstić information content (AvgIpc) is 3.45. The maximum atomic E-state index is 13.6. The molecule has 0 unspecified atom stereocenters. The lowest BCUT2D eigenvalue weighted by molar-refractivity contribution is 0.346. The van der Waals surface area contributed by atoms with Gasteiger partial charge in [-0.05, 0) is 61.8 Å². The number of halogens is 2. The van der Waals surface area contributed by atoms with Gasteiger partial charge in [0.15, 0.2) is 5.82 Å². The second-order valence-corrected chi connectivity index (χ2v) is 8.80. The number of nitrogens with zero attached hydrogens (tertiary/aromatic N) is 6. The predicted molar refractivity (Wildman–Crippen MR) is 127 cm³/mol. The SMILES string of the molecule is CCn1nnc(Cn2c(=O)n(C3CCNCC3)c(=O)c3sc(-c4ccc(F)cc4)cc32)n1.Cl. The van der Waals surface area contributed by atoms with Gasteiger partial charge in [0.1, 0.15) is 10.5 Å². The molecule has 1 aliphatic heterocycles. The fourth-order valence-electron chi connectivity index (χ4n) is 4.08. The van der Waals surface area contributed by atoms with Crippen molar-refractivity contribution in [2.45, 2.75) is 38.9 Å². The Hall–Kier alpha value is -2.89. The molecule has 1 aliphatic rings. The van der Waals surface area contributed by atoms with E-state index in [0.29, 0.717) is 35.4 Å². The number of tetrazole rings is 1. The molecule has 0 atom stereocenters. The average molecular weight is 492 g/mol. The Morgan fingerprint density at radius 3 is 2.58 bits per heavy atom. The summed E-state index contributed by atoms with van der Waals surface area (Å²) >= 11 is 1.31. The Bertz CT molecular complexity index is 1390. The Morgan fingerprint density at radius 1 is 1.18 bits per heavy atom. The summed E-state index contributed by atoms with van der Waals surface area (Å²) in [4.78, 5) is 29.2. The van der Waals surface area contributed by atoms with Crippen LogP contribution in [-0.2, 0) is 13.1 Å². The number of aryl methyl sites for hydroxylation is 1. The third-order valence-electron chi connectivity index (χ3n) is 5.73. The zero-order valence-electron chi connectivity index (χ0n) is 17.9. The smallest absolute Gasteiger partial charge is 0.317 e. The zero-order chi connectivity index (χ0) is 22.2. The highest BCUT2D eigenvalue weighted by Crippen LogP contribution is 2.32. The van der Waals surface area contributed by atoms with E-state index in [4.69, 9.17) is 0 Å². The van der Waals surface area contributed by atoms with Crippen molar-refractivity contribution in [2.24, 2.45) is 0 Å². The summed E-state index contributed by atoms with van der Waals surface area (Å²) in [6.45, 7) is 4.10. The molecule has 1 saturated heterocycles. The fraction of sp³-hybridized carbons (Fsp3) is 0.381. The van der Waals surface area contributed by atoms with Crippen LogP contribution in [-0.4, -0.2) is 42.4 Å². The van der Waals surface area contributed by atoms with Crippen LogP contribution < -0.4 is 16.6 Å². The molecule has 0 radical (unpaired) electrons. The molecule has 174 valence electrons. The van der Waals surface area contributed by atoms with E-state index in [9.17, 15) is 14.0 Å². The number of thiophene rings is 1. The molecule has 0 spiro atoms. The molecule has 0 bridgehead atoms. The van der Waals surface area contributed by atoms with Gasteiger partial charge in [0.2, 0.25) is 0 Å². The van der Waals surface area contributed by atoms with Gasteiger partial charge in [-0.15, -0.1) is 33.9 Å². The summed E-state index contributed by atoms with van der Waals surface area (Å²) in [5, 5.41) is 15.6. The van der Waals surface area contributed by atoms with Crippen molar-refractivity contribution in [2.75, 3.05) is 13.1 Å². The van der Waals surface area contributed by atoms with E-state index in [2.05, 4.69) is 20.7 Å². The molecule has 4 heterocycles. The van der Waals surface area contributed by atoms with Gasteiger partial charge >= 0.3 is 5.69 Å². The number of hydrogen-bond donors (Lipinski definition) is 1. The summed E-state index contributed by atoms with van der Waals surface area (Å²) in [5.41, 5.74) is 0.666. The van der Waals surface area contributed by atoms with Crippen LogP contribution >= 0.6 is 23.7 Å². The normalized spacial score (nSPS) is 14.5. The van der Waals surface area contributed by atoms with E-state index >= 15 is 0 Å². The van der Waals surface area contributed by atoms with Gasteiger partial charge in [-0.2, -0.15) is 4.80 Å². The first kappa shape index (κ1) is 23.3. The van der Waals surface area contributed by atoms with Crippen LogP contribution in [0.15, 0.2) is 39.9 Å². The molecule has 1 N–H and O–H groups in total. The third kappa shape index (κ3) is 4.35. The van der Waals surface area contributed by atoms with Gasteiger partial charge in [-0.25, -0.2) is 9.18 Å². The lowest BCUT2D eigenvalue weighted by atomic mass is 10.1. The molecule has 0 amide bonds. The van der Waals surface area contributed by atoms with Crippen LogP contribution in [0.1, 0.15) is 31.6 Å². The van der Waals surface area contributed by atoms with E-state index in [-0.39, 0.29) is 42.1 Å². The van der Waals surface area contributed by atoms with Gasteiger partial charge in [-0.1, -0.05) is 12.1 Å². The fourth-order valence-corrected chi connectivity index (χ4v) is 5.18. The number of benzene rings is 1. The summed E-state index contributed by atoms with van der Waals surface area (Å²) in [7, 11) is 0. The molecule has 1 fully saturated rings. The maximum absolute atomic E-state index is 13.6. The van der Waals surface area contributed by atoms with E-state index in [1.807, 2.05) is 13.0 Å². The first-order valence-corrected chi connectivity index (χ1v) is 11.4. The number of hydrogen-bond acceptors (Lipinski definition) is 7. The maximum Gasteiger partial charge on any atom is 0.332 e. The summed E-state index contributed by atoms with van der Waals surface area (Å²) < 4.78 is 16.8. The van der Waals surface area contributed by atoms with E-state index < -0.39 is 0 Å². The first-order chi connectivity index (χ1) is 15.5. The number of rotatable bonds is 5. The van der Waals surface area contributed by atoms with Crippen molar-refractivity contribution >= 4 is 34.0 Å². The van der Waals surface area contributed by atoms with E-state index in [0.717, 1.165) is 23.5 Å². The summed E-state index contributed by atoms with van der Waals surface area (Å²) in [6.07, 6.45) is 1.42. The van der Waals surface area contributed by atoms with Crippen molar-refractivity contribution < 1.29 is 4.39 Å². The zero-order valence-corrected chi connectivity index (χ0v) is 19.5. The number of nitrogens with one attached hydrogen (secondary N) is 1. The molecule has 5 rings (SSSR count). The minimum atomic E-state index is -0.370.